The van der Waals surface area contributed by atoms with Crippen molar-refractivity contribution in [2.24, 2.45) is 37.9 Å². The van der Waals surface area contributed by atoms with Crippen LogP contribution in [0, 0.1) is 37.9 Å². The second-order valence-corrected chi connectivity index (χ2v) is 46.4. The molecule has 19 aromatic rings. The standard InChI is InChI=1S/C137H137BN4/c1-131(2,3)82-89-38-34-50-104(66-89)110-70-93(86-135(13,14)15)71-111(105-51-35-39-90(67-105)83-132(4,5)6)129(110)141-124-80-108(139-120-62-54-100(96-42-26-22-27-43-96)76-114(120)115-77-101(55-63-121(115)139)97-44-28-23-29-45-97)58-60-118(124)138-119-61-59-109(140-122-64-56-102(98-46-30-24-31-47-98)78-116(122)117-79-103(57-65-123(117)140)99-48-32-25-33-49-99)81-125(119)142(127-75-95(88-137(19,20)21)74-126(141)128(127)138)130-112(106-52-36-40-91(68-106)84-133(7,8)9)72-94(87-136(16,17)18)73-113(130)107-53-37-41-92(69-107)85-134(10,11)12/h22-81H,82-88H2,1-21H3/i82D2,83D2,84D2,85D2,86D2,87D2,88D2. The molecule has 0 fully saturated rings. The minimum atomic E-state index is -2.30. The fourth-order valence-corrected chi connectivity index (χ4v) is 21.5. The fourth-order valence-electron chi connectivity index (χ4n) is 21.5. The summed E-state index contributed by atoms with van der Waals surface area (Å²) in [5, 5.41) is 3.98. The zero-order valence-electron chi connectivity index (χ0n) is 100. The molecule has 0 spiro atoms. The lowest BCUT2D eigenvalue weighted by molar-refractivity contribution is 0.410. The van der Waals surface area contributed by atoms with Crippen LogP contribution in [0.3, 0.4) is 0 Å². The first-order chi connectivity index (χ1) is 73.1. The van der Waals surface area contributed by atoms with E-state index in [2.05, 4.69) is 225 Å². The largest absolute Gasteiger partial charge is 0.310 e. The Labute approximate surface area is 865 Å². The van der Waals surface area contributed by atoms with Crippen molar-refractivity contribution in [3.8, 4) is 100 Å². The van der Waals surface area contributed by atoms with Crippen LogP contribution in [0.25, 0.3) is 144 Å². The summed E-state index contributed by atoms with van der Waals surface area (Å²) < 4.78 is 154. The molecule has 2 aliphatic rings. The molecule has 0 unspecified atom stereocenters. The van der Waals surface area contributed by atoms with E-state index >= 15 is 0 Å². The van der Waals surface area contributed by atoms with Crippen molar-refractivity contribution in [2.45, 2.75) is 190 Å². The monoisotopic (exact) mass is 1860 g/mol. The summed E-state index contributed by atoms with van der Waals surface area (Å²) in [4.78, 5) is 4.56. The van der Waals surface area contributed by atoms with E-state index in [0.717, 1.165) is 110 Å². The van der Waals surface area contributed by atoms with Crippen LogP contribution in [0.15, 0.2) is 364 Å². The highest BCUT2D eigenvalue weighted by Gasteiger charge is 2.47. The predicted octanol–water partition coefficient (Wildman–Crippen LogP) is 36.4. The Bertz CT molecular complexity index is 7970. The minimum absolute atomic E-state index is 0.252. The van der Waals surface area contributed by atoms with Crippen LogP contribution in [-0.2, 0) is 44.6 Å². The van der Waals surface area contributed by atoms with Gasteiger partial charge in [-0.1, -0.05) is 400 Å². The van der Waals surface area contributed by atoms with Gasteiger partial charge < -0.3 is 18.9 Å². The molecule has 0 aliphatic carbocycles. The number of anilines is 6. The number of aromatic nitrogens is 2. The molecule has 0 atom stereocenters. The second-order valence-electron chi connectivity index (χ2n) is 46.4. The molecule has 4 nitrogen and oxygen atoms in total. The van der Waals surface area contributed by atoms with Gasteiger partial charge in [0.1, 0.15) is 0 Å². The first-order valence-corrected chi connectivity index (χ1v) is 50.4. The third-order valence-electron chi connectivity index (χ3n) is 26.5. The number of hydrogen-bond acceptors (Lipinski definition) is 2. The van der Waals surface area contributed by atoms with Crippen LogP contribution in [0.5, 0.6) is 0 Å². The van der Waals surface area contributed by atoms with Gasteiger partial charge in [-0.15, -0.1) is 0 Å². The smallest absolute Gasteiger partial charge is 0.252 e. The Morgan fingerprint density at radius 3 is 0.676 bits per heavy atom. The Morgan fingerprint density at radius 2 is 0.430 bits per heavy atom. The summed E-state index contributed by atoms with van der Waals surface area (Å²) >= 11 is 0. The predicted molar refractivity (Wildman–Crippen MR) is 615 cm³/mol. The molecule has 4 heterocycles. The van der Waals surface area contributed by atoms with Crippen molar-refractivity contribution < 1.29 is 19.2 Å². The van der Waals surface area contributed by atoms with Gasteiger partial charge in [-0.05, 0) is 314 Å². The number of benzene rings is 17. The van der Waals surface area contributed by atoms with E-state index in [1.807, 2.05) is 303 Å². The second kappa shape index (κ2) is 36.2. The zero-order valence-corrected chi connectivity index (χ0v) is 86.0. The quantitative estimate of drug-likeness (QED) is 0.0750. The van der Waals surface area contributed by atoms with Crippen LogP contribution in [0.4, 0.5) is 34.1 Å². The Balaban J connectivity index is 1.00. The summed E-state index contributed by atoms with van der Waals surface area (Å²) in [5.41, 5.74) is 17.9. The number of rotatable bonds is 19. The van der Waals surface area contributed by atoms with Crippen molar-refractivity contribution in [1.82, 2.24) is 9.13 Å². The molecule has 0 saturated carbocycles. The SMILES string of the molecule is [2H]C([2H])(c1cccc(-c2cc(C([2H])([2H])C(C)(C)C)cc(-c3cccc(C([2H])([2H])C(C)(C)C)c3)c2N2c3cc(-n4c5ccc(-c6ccccc6)cc5c5cc(-c6ccccc6)ccc54)ccc3B3c4ccc(-n5c6ccc(-c7ccccc7)cc6c6cc(-c7ccccc7)ccc65)cc4N(c4c(-c5cccc(C([2H])([2H])C(C)(C)C)c5)cc(C([2H])([2H])C(C)(C)C)cc4-c4cccc(C([2H])([2H])C(C)(C)C)c4)c4cc(C([2H])([2H])C(C)(C)C)cc2c43)c1)C(C)(C)C. The molecule has 5 heteroatoms. The van der Waals surface area contributed by atoms with Crippen molar-refractivity contribution in [1.29, 1.82) is 0 Å². The van der Waals surface area contributed by atoms with Crippen LogP contribution in [-0.4, -0.2) is 15.8 Å². The van der Waals surface area contributed by atoms with Gasteiger partial charge in [0.25, 0.3) is 6.71 Å². The van der Waals surface area contributed by atoms with Crippen LogP contribution >= 0.6 is 0 Å². The summed E-state index contributed by atoms with van der Waals surface area (Å²) in [7, 11) is 0. The van der Waals surface area contributed by atoms with Crippen molar-refractivity contribution in [2.75, 3.05) is 9.80 Å². The summed E-state index contributed by atoms with van der Waals surface area (Å²) in [5.74, 6) is 0. The Kier molecular flexibility index (Phi) is 20.1. The zero-order chi connectivity index (χ0) is 112. The maximum Gasteiger partial charge on any atom is 0.252 e. The molecule has 17 aromatic carbocycles. The lowest BCUT2D eigenvalue weighted by atomic mass is 9.33. The lowest BCUT2D eigenvalue weighted by Crippen LogP contribution is -2.61. The normalized spacial score (nSPS) is 15.3. The van der Waals surface area contributed by atoms with Crippen LogP contribution in [0.1, 0.15) is 204 Å². The van der Waals surface area contributed by atoms with Crippen molar-refractivity contribution in [3.63, 3.8) is 0 Å². The molecule has 0 radical (unpaired) electrons. The molecule has 708 valence electrons. The molecule has 21 rings (SSSR count). The molecule has 0 amide bonds. The minimum Gasteiger partial charge on any atom is -0.310 e. The van der Waals surface area contributed by atoms with Gasteiger partial charge in [0.05, 0.1) is 33.4 Å². The topological polar surface area (TPSA) is 16.3 Å². The van der Waals surface area contributed by atoms with Gasteiger partial charge in [-0.2, -0.15) is 0 Å². The summed E-state index contributed by atoms with van der Waals surface area (Å²) in [6, 6.07) is 124. The maximum absolute atomic E-state index is 11.5. The number of nitrogens with zero attached hydrogens (tertiary/aromatic N) is 4. The van der Waals surface area contributed by atoms with Gasteiger partial charge in [0.2, 0.25) is 0 Å². The average molecular weight is 1860 g/mol. The third-order valence-corrected chi connectivity index (χ3v) is 26.5. The summed E-state index contributed by atoms with van der Waals surface area (Å²) in [6.45, 7) is 39.0. The number of hydrogen-bond donors (Lipinski definition) is 0. The fraction of sp³-hybridized carbons (Fsp3) is 0.255. The highest BCUT2D eigenvalue weighted by Crippen LogP contribution is 2.57. The maximum atomic E-state index is 11.5. The highest BCUT2D eigenvalue weighted by molar-refractivity contribution is 7.00. The highest BCUT2D eigenvalue weighted by atomic mass is 15.2. The van der Waals surface area contributed by atoms with Gasteiger partial charge in [0, 0.05) is 97.1 Å². The van der Waals surface area contributed by atoms with Gasteiger partial charge in [-0.25, -0.2) is 0 Å². The number of fused-ring (bicyclic) bond motifs is 10. The molecule has 0 N–H and O–H groups in total. The Morgan fingerprint density at radius 1 is 0.197 bits per heavy atom. The van der Waals surface area contributed by atoms with E-state index in [4.69, 9.17) is 0 Å². The molecular weight excluding hydrogens is 1710 g/mol. The van der Waals surface area contributed by atoms with Crippen LogP contribution < -0.4 is 26.2 Å². The van der Waals surface area contributed by atoms with E-state index in [9.17, 15) is 19.2 Å². The van der Waals surface area contributed by atoms with Gasteiger partial charge >= 0.3 is 0 Å². The summed E-state index contributed by atoms with van der Waals surface area (Å²) in [6.07, 6.45) is -14.6. The molecule has 0 bridgehead atoms. The average Bonchev–Trinajstić information content (AvgIpc) is 0.800. The third kappa shape index (κ3) is 19.3. The lowest BCUT2D eigenvalue weighted by Gasteiger charge is -2.46. The van der Waals surface area contributed by atoms with E-state index in [1.54, 1.807) is 0 Å². The van der Waals surface area contributed by atoms with Gasteiger partial charge in [-0.3, -0.25) is 0 Å². The van der Waals surface area contributed by atoms with Crippen LogP contribution in [0.2, 0.25) is 0 Å². The molecule has 0 saturated heterocycles. The first-order valence-electron chi connectivity index (χ1n) is 57.4. The molecular formula is C137H137BN4. The first kappa shape index (κ1) is 78.7. The van der Waals surface area contributed by atoms with Crippen molar-refractivity contribution in [3.05, 3.63) is 403 Å². The molecule has 142 heavy (non-hydrogen) atoms. The molecule has 2 aliphatic heterocycles. The Hall–Kier alpha value is -14.0. The van der Waals surface area contributed by atoms with Gasteiger partial charge in [0.15, 0.2) is 0 Å². The van der Waals surface area contributed by atoms with E-state index in [1.165, 1.54) is 0 Å². The van der Waals surface area contributed by atoms with Crippen molar-refractivity contribution >= 4 is 101 Å². The molecule has 2 aromatic heterocycles. The van der Waals surface area contributed by atoms with E-state index in [-0.39, 0.29) is 5.56 Å². The van der Waals surface area contributed by atoms with E-state index in [0.29, 0.717) is 117 Å². The van der Waals surface area contributed by atoms with E-state index < -0.39 is 89.2 Å².